The molecule has 0 heterocycles. The molecule has 0 saturated heterocycles. The van der Waals surface area contributed by atoms with Crippen LogP contribution in [0.5, 0.6) is 0 Å². The van der Waals surface area contributed by atoms with Crippen LogP contribution in [0.15, 0.2) is 48.5 Å². The molecule has 0 aromatic heterocycles. The summed E-state index contributed by atoms with van der Waals surface area (Å²) < 4.78 is 6.07. The van der Waals surface area contributed by atoms with E-state index in [1.807, 2.05) is 24.3 Å². The molecule has 0 unspecified atom stereocenters. The predicted molar refractivity (Wildman–Crippen MR) is 94.4 cm³/mol. The lowest BCUT2D eigenvalue weighted by Gasteiger charge is -2.05. The summed E-state index contributed by atoms with van der Waals surface area (Å²) in [6, 6.07) is 13.8. The molecule has 0 aliphatic rings. The first-order valence-electron chi connectivity index (χ1n) is 6.71. The molecule has 0 bridgehead atoms. The minimum Gasteiger partial charge on any atom is -0.465 e. The van der Waals surface area contributed by atoms with Crippen LogP contribution in [0.4, 0.5) is 0 Å². The third-order valence-electron chi connectivity index (χ3n) is 3.38. The van der Waals surface area contributed by atoms with Gasteiger partial charge in [-0.2, -0.15) is 0 Å². The first-order valence-corrected chi connectivity index (χ1v) is 7.79. The topological polar surface area (TPSA) is 26.3 Å². The molecule has 0 amide bonds. The van der Waals surface area contributed by atoms with Gasteiger partial charge in [-0.25, -0.2) is 4.79 Å². The second kappa shape index (κ2) is 7.41. The maximum absolute atomic E-state index is 11.7. The van der Waals surface area contributed by atoms with Gasteiger partial charge in [0, 0.05) is 3.57 Å². The van der Waals surface area contributed by atoms with Gasteiger partial charge in [-0.1, -0.05) is 42.5 Å². The number of rotatable bonds is 4. The summed E-state index contributed by atoms with van der Waals surface area (Å²) in [6.07, 6.45) is 4.91. The van der Waals surface area contributed by atoms with Gasteiger partial charge in [-0.3, -0.25) is 0 Å². The van der Waals surface area contributed by atoms with E-state index in [-0.39, 0.29) is 5.97 Å². The average Bonchev–Trinajstić information content (AvgIpc) is 2.51. The van der Waals surface area contributed by atoms with E-state index >= 15 is 0 Å². The molecule has 2 rings (SSSR count). The van der Waals surface area contributed by atoms with E-state index in [0.29, 0.717) is 5.56 Å². The van der Waals surface area contributed by atoms with Crippen molar-refractivity contribution in [2.45, 2.75) is 13.3 Å². The molecule has 0 saturated carbocycles. The fourth-order valence-electron chi connectivity index (χ4n) is 2.12. The smallest absolute Gasteiger partial charge is 0.338 e. The molecule has 108 valence electrons. The van der Waals surface area contributed by atoms with E-state index in [9.17, 15) is 4.79 Å². The summed E-state index contributed by atoms with van der Waals surface area (Å²) >= 11 is 2.35. The van der Waals surface area contributed by atoms with Crippen molar-refractivity contribution in [2.75, 3.05) is 7.11 Å². The SMILES string of the molecule is COC(=O)c1ccccc1/C=C/Cc1cccc(I)c1C. The summed E-state index contributed by atoms with van der Waals surface area (Å²) in [5, 5.41) is 0. The van der Waals surface area contributed by atoms with Crippen LogP contribution in [0.3, 0.4) is 0 Å². The standard InChI is InChI=1S/C18H17IO2/c1-13-14(9-6-12-17(13)19)8-5-10-15-7-3-4-11-16(15)18(20)21-2/h3-7,9-12H,8H2,1-2H3/b10-5+. The van der Waals surface area contributed by atoms with Crippen LogP contribution in [-0.2, 0) is 11.2 Å². The summed E-state index contributed by atoms with van der Waals surface area (Å²) in [4.78, 5) is 11.7. The molecule has 0 atom stereocenters. The third kappa shape index (κ3) is 3.94. The van der Waals surface area contributed by atoms with Crippen LogP contribution < -0.4 is 0 Å². The van der Waals surface area contributed by atoms with Gasteiger partial charge in [0.1, 0.15) is 0 Å². The van der Waals surface area contributed by atoms with Crippen molar-refractivity contribution < 1.29 is 9.53 Å². The molecule has 0 radical (unpaired) electrons. The third-order valence-corrected chi connectivity index (χ3v) is 4.55. The summed E-state index contributed by atoms with van der Waals surface area (Å²) in [5.74, 6) is -0.305. The highest BCUT2D eigenvalue weighted by molar-refractivity contribution is 14.1. The van der Waals surface area contributed by atoms with Gasteiger partial charge >= 0.3 is 5.97 Å². The lowest BCUT2D eigenvalue weighted by atomic mass is 10.0. The number of carbonyl (C=O) groups is 1. The molecule has 2 aromatic rings. The van der Waals surface area contributed by atoms with Gasteiger partial charge in [0.05, 0.1) is 12.7 Å². The van der Waals surface area contributed by atoms with Crippen LogP contribution in [-0.4, -0.2) is 13.1 Å². The quantitative estimate of drug-likeness (QED) is 0.560. The van der Waals surface area contributed by atoms with E-state index in [0.717, 1.165) is 12.0 Å². The Balaban J connectivity index is 2.19. The highest BCUT2D eigenvalue weighted by Gasteiger charge is 2.08. The first kappa shape index (κ1) is 15.8. The van der Waals surface area contributed by atoms with Gasteiger partial charge in [0.15, 0.2) is 0 Å². The van der Waals surface area contributed by atoms with Gasteiger partial charge in [0.2, 0.25) is 0 Å². The molecule has 0 aliphatic heterocycles. The van der Waals surface area contributed by atoms with E-state index in [4.69, 9.17) is 4.74 Å². The molecule has 2 nitrogen and oxygen atoms in total. The number of esters is 1. The second-order valence-corrected chi connectivity index (χ2v) is 5.87. The molecule has 0 fully saturated rings. The van der Waals surface area contributed by atoms with Crippen LogP contribution in [0.1, 0.15) is 27.0 Å². The molecule has 2 aromatic carbocycles. The molecule has 0 spiro atoms. The number of hydrogen-bond donors (Lipinski definition) is 0. The zero-order valence-corrected chi connectivity index (χ0v) is 14.3. The Kier molecular flexibility index (Phi) is 5.56. The molecule has 0 aliphatic carbocycles. The van der Waals surface area contributed by atoms with Gasteiger partial charge in [0.25, 0.3) is 0 Å². The van der Waals surface area contributed by atoms with Crippen molar-refractivity contribution in [2.24, 2.45) is 0 Å². The monoisotopic (exact) mass is 392 g/mol. The number of ether oxygens (including phenoxy) is 1. The molecule has 0 N–H and O–H groups in total. The summed E-state index contributed by atoms with van der Waals surface area (Å²) in [6.45, 7) is 2.13. The van der Waals surface area contributed by atoms with Crippen LogP contribution >= 0.6 is 22.6 Å². The Hall–Kier alpha value is -1.62. The lowest BCUT2D eigenvalue weighted by molar-refractivity contribution is 0.0600. The lowest BCUT2D eigenvalue weighted by Crippen LogP contribution is -2.03. The minimum absolute atomic E-state index is 0.305. The Bertz CT molecular complexity index is 675. The van der Waals surface area contributed by atoms with Crippen LogP contribution in [0, 0.1) is 10.5 Å². The number of hydrogen-bond acceptors (Lipinski definition) is 2. The van der Waals surface area contributed by atoms with Crippen molar-refractivity contribution in [3.63, 3.8) is 0 Å². The Morgan fingerprint density at radius 2 is 1.95 bits per heavy atom. The highest BCUT2D eigenvalue weighted by Crippen LogP contribution is 2.18. The minimum atomic E-state index is -0.305. The molecule has 21 heavy (non-hydrogen) atoms. The largest absolute Gasteiger partial charge is 0.465 e. The first-order chi connectivity index (χ1) is 10.1. The fourth-order valence-corrected chi connectivity index (χ4v) is 2.68. The molecular formula is C18H17IO2. The van der Waals surface area contributed by atoms with Gasteiger partial charge < -0.3 is 4.74 Å². The van der Waals surface area contributed by atoms with Crippen molar-refractivity contribution in [3.8, 4) is 0 Å². The number of allylic oxidation sites excluding steroid dienone is 1. The number of halogens is 1. The van der Waals surface area contributed by atoms with E-state index in [1.54, 1.807) is 6.07 Å². The van der Waals surface area contributed by atoms with E-state index in [2.05, 4.69) is 53.8 Å². The molecular weight excluding hydrogens is 375 g/mol. The summed E-state index contributed by atoms with van der Waals surface area (Å²) in [5.41, 5.74) is 4.08. The average molecular weight is 392 g/mol. The second-order valence-electron chi connectivity index (χ2n) is 4.71. The maximum Gasteiger partial charge on any atom is 0.338 e. The predicted octanol–water partition coefficient (Wildman–Crippen LogP) is 4.64. The zero-order chi connectivity index (χ0) is 15.2. The van der Waals surface area contributed by atoms with Crippen molar-refractivity contribution in [3.05, 3.63) is 74.4 Å². The number of carbonyl (C=O) groups excluding carboxylic acids is 1. The summed E-state index contributed by atoms with van der Waals surface area (Å²) in [7, 11) is 1.40. The van der Waals surface area contributed by atoms with Gasteiger partial charge in [-0.05, 0) is 64.8 Å². The van der Waals surface area contributed by atoms with Crippen molar-refractivity contribution in [1.82, 2.24) is 0 Å². The van der Waals surface area contributed by atoms with E-state index in [1.165, 1.54) is 21.8 Å². The highest BCUT2D eigenvalue weighted by atomic mass is 127. The molecule has 3 heteroatoms. The van der Waals surface area contributed by atoms with Crippen LogP contribution in [0.2, 0.25) is 0 Å². The van der Waals surface area contributed by atoms with Crippen molar-refractivity contribution >= 4 is 34.6 Å². The Morgan fingerprint density at radius 1 is 1.19 bits per heavy atom. The fraction of sp³-hybridized carbons (Fsp3) is 0.167. The normalized spacial score (nSPS) is 10.8. The van der Waals surface area contributed by atoms with Gasteiger partial charge in [-0.15, -0.1) is 0 Å². The number of benzene rings is 2. The Labute approximate surface area is 139 Å². The Morgan fingerprint density at radius 3 is 2.71 bits per heavy atom. The van der Waals surface area contributed by atoms with Crippen LogP contribution in [0.25, 0.3) is 6.08 Å². The van der Waals surface area contributed by atoms with Crippen molar-refractivity contribution in [1.29, 1.82) is 0 Å². The maximum atomic E-state index is 11.7. The number of methoxy groups -OCH3 is 1. The van der Waals surface area contributed by atoms with E-state index < -0.39 is 0 Å². The zero-order valence-electron chi connectivity index (χ0n) is 12.1.